The second-order valence-electron chi connectivity index (χ2n) is 2.39. The Hall–Kier alpha value is 0.690. The van der Waals surface area contributed by atoms with Crippen molar-refractivity contribution in [1.82, 2.24) is 4.90 Å². The number of rotatable bonds is 2. The molecule has 1 fully saturated rings. The van der Waals surface area contributed by atoms with Crippen LogP contribution in [0.3, 0.4) is 0 Å². The molecule has 2 heteroatoms. The SMILES string of the molecule is CCC1[I-]C1N(C)C. The van der Waals surface area contributed by atoms with Crippen molar-refractivity contribution in [2.75, 3.05) is 14.1 Å². The predicted octanol–water partition coefficient (Wildman–Crippen LogP) is -2.24. The van der Waals surface area contributed by atoms with Gasteiger partial charge in [0.25, 0.3) is 0 Å². The van der Waals surface area contributed by atoms with Gasteiger partial charge in [-0.1, -0.05) is 0 Å². The van der Waals surface area contributed by atoms with Crippen LogP contribution >= 0.6 is 0 Å². The van der Waals surface area contributed by atoms with Gasteiger partial charge in [0.05, 0.1) is 0 Å². The van der Waals surface area contributed by atoms with Crippen LogP contribution in [0.1, 0.15) is 13.3 Å². The molecule has 0 amide bonds. The minimum absolute atomic E-state index is 0.594. The zero-order valence-electron chi connectivity index (χ0n) is 5.69. The van der Waals surface area contributed by atoms with Crippen molar-refractivity contribution in [1.29, 1.82) is 0 Å². The Kier molecular flexibility index (Phi) is 2.14. The average Bonchev–Trinajstić information content (AvgIpc) is 2.42. The van der Waals surface area contributed by atoms with Gasteiger partial charge < -0.3 is 0 Å². The van der Waals surface area contributed by atoms with Gasteiger partial charge in [0.2, 0.25) is 0 Å². The summed E-state index contributed by atoms with van der Waals surface area (Å²) in [4.78, 5) is 2.38. The third-order valence-electron chi connectivity index (χ3n) is 1.41. The number of halogens is 1. The Morgan fingerprint density at radius 1 is 1.50 bits per heavy atom. The molecule has 0 aromatic heterocycles. The van der Waals surface area contributed by atoms with Gasteiger partial charge in [-0.05, 0) is 0 Å². The van der Waals surface area contributed by atoms with Crippen molar-refractivity contribution in [2.45, 2.75) is 21.3 Å². The van der Waals surface area contributed by atoms with Gasteiger partial charge in [-0.25, -0.2) is 0 Å². The maximum atomic E-state index is 2.38. The van der Waals surface area contributed by atoms with E-state index in [1.54, 1.807) is 0 Å². The molecule has 0 aromatic carbocycles. The van der Waals surface area contributed by atoms with Crippen LogP contribution in [0.4, 0.5) is 0 Å². The molecule has 1 nitrogen and oxygen atoms in total. The first-order chi connectivity index (χ1) is 3.75. The molecule has 1 aliphatic rings. The maximum absolute atomic E-state index is 2.38. The van der Waals surface area contributed by atoms with Crippen molar-refractivity contribution in [2.24, 2.45) is 0 Å². The van der Waals surface area contributed by atoms with Crippen molar-refractivity contribution < 1.29 is 21.2 Å². The third-order valence-corrected chi connectivity index (χ3v) is 5.78. The van der Waals surface area contributed by atoms with Gasteiger partial charge in [-0.15, -0.1) is 0 Å². The Morgan fingerprint density at radius 3 is 2.25 bits per heavy atom. The van der Waals surface area contributed by atoms with Crippen molar-refractivity contribution in [3.05, 3.63) is 0 Å². The zero-order valence-corrected chi connectivity index (χ0v) is 7.84. The zero-order chi connectivity index (χ0) is 6.15. The Morgan fingerprint density at radius 2 is 2.12 bits per heavy atom. The van der Waals surface area contributed by atoms with Gasteiger partial charge in [0, 0.05) is 0 Å². The van der Waals surface area contributed by atoms with Crippen LogP contribution < -0.4 is 21.2 Å². The van der Waals surface area contributed by atoms with E-state index < -0.39 is 0 Å². The van der Waals surface area contributed by atoms with E-state index in [9.17, 15) is 0 Å². The molecule has 0 radical (unpaired) electrons. The minimum atomic E-state index is 0.594. The molecule has 1 rings (SSSR count). The molecule has 0 aliphatic carbocycles. The third kappa shape index (κ3) is 1.35. The Bertz CT molecular complexity index is 82.6. The van der Waals surface area contributed by atoms with E-state index in [-0.39, 0.29) is 0 Å². The molecular formula is C6H13IN-. The van der Waals surface area contributed by atoms with Gasteiger partial charge in [0.1, 0.15) is 0 Å². The number of nitrogens with zero attached hydrogens (tertiary/aromatic N) is 1. The normalized spacial score (nSPS) is 37.0. The summed E-state index contributed by atoms with van der Waals surface area (Å²) < 4.78 is 2.16. The molecule has 0 bridgehead atoms. The molecule has 2 atom stereocenters. The van der Waals surface area contributed by atoms with Crippen LogP contribution in [0.25, 0.3) is 0 Å². The molecule has 0 N–H and O–H groups in total. The summed E-state index contributed by atoms with van der Waals surface area (Å²) in [5.41, 5.74) is 0. The quantitative estimate of drug-likeness (QED) is 0.292. The van der Waals surface area contributed by atoms with Crippen LogP contribution in [-0.4, -0.2) is 27.0 Å². The molecule has 2 unspecified atom stereocenters. The van der Waals surface area contributed by atoms with Gasteiger partial charge >= 0.3 is 61.5 Å². The van der Waals surface area contributed by atoms with E-state index >= 15 is 0 Å². The molecule has 0 saturated carbocycles. The second-order valence-corrected chi connectivity index (χ2v) is 5.98. The van der Waals surface area contributed by atoms with Crippen LogP contribution in [-0.2, 0) is 0 Å². The first-order valence-electron chi connectivity index (χ1n) is 3.04. The van der Waals surface area contributed by atoms with E-state index in [0.29, 0.717) is 21.2 Å². The Balaban J connectivity index is 2.16. The fraction of sp³-hybridized carbons (Fsp3) is 1.00. The molecule has 1 heterocycles. The summed E-state index contributed by atoms with van der Waals surface area (Å²) in [7, 11) is 4.39. The fourth-order valence-corrected chi connectivity index (χ4v) is 3.85. The number of alkyl halides is 2. The second kappa shape index (κ2) is 2.52. The molecule has 8 heavy (non-hydrogen) atoms. The molecule has 0 spiro atoms. The van der Waals surface area contributed by atoms with Gasteiger partial charge in [-0.3, -0.25) is 0 Å². The first kappa shape index (κ1) is 6.81. The molecular weight excluding hydrogens is 213 g/mol. The van der Waals surface area contributed by atoms with Crippen molar-refractivity contribution >= 4 is 0 Å². The fourth-order valence-electron chi connectivity index (χ4n) is 0.844. The van der Waals surface area contributed by atoms with Crippen molar-refractivity contribution in [3.8, 4) is 0 Å². The Labute approximate surface area is 61.7 Å². The van der Waals surface area contributed by atoms with Crippen LogP contribution in [0.15, 0.2) is 0 Å². The summed E-state index contributed by atoms with van der Waals surface area (Å²) in [5.74, 6) is 0. The molecule has 1 saturated heterocycles. The van der Waals surface area contributed by atoms with E-state index in [1.807, 2.05) is 0 Å². The summed E-state index contributed by atoms with van der Waals surface area (Å²) in [6.45, 7) is 2.30. The number of hydrogen-bond donors (Lipinski definition) is 0. The number of hydrogen-bond acceptors (Lipinski definition) is 1. The summed E-state index contributed by atoms with van der Waals surface area (Å²) in [5, 5.41) is 0. The van der Waals surface area contributed by atoms with E-state index in [0.717, 1.165) is 7.97 Å². The van der Waals surface area contributed by atoms with E-state index in [4.69, 9.17) is 0 Å². The van der Waals surface area contributed by atoms with E-state index in [1.165, 1.54) is 6.42 Å². The standard InChI is InChI=1S/C6H13IN/c1-4-5-6(7-5)8(2)3/h5-6H,4H2,1-3H3/q-1. The summed E-state index contributed by atoms with van der Waals surface area (Å²) in [6, 6.07) is 0. The van der Waals surface area contributed by atoms with Gasteiger partial charge in [0.15, 0.2) is 0 Å². The molecule has 50 valence electrons. The first-order valence-corrected chi connectivity index (χ1v) is 5.53. The predicted molar refractivity (Wildman–Crippen MR) is 31.6 cm³/mol. The summed E-state index contributed by atoms with van der Waals surface area (Å²) in [6.07, 6.45) is 1.41. The van der Waals surface area contributed by atoms with Crippen molar-refractivity contribution in [3.63, 3.8) is 0 Å². The van der Waals surface area contributed by atoms with Crippen LogP contribution in [0.5, 0.6) is 0 Å². The monoisotopic (exact) mass is 226 g/mol. The summed E-state index contributed by atoms with van der Waals surface area (Å²) >= 11 is 0.594. The topological polar surface area (TPSA) is 3.24 Å². The van der Waals surface area contributed by atoms with Gasteiger partial charge in [-0.2, -0.15) is 0 Å². The molecule has 0 aromatic rings. The molecule has 1 aliphatic heterocycles. The van der Waals surface area contributed by atoms with Crippen LogP contribution in [0, 0.1) is 0 Å². The van der Waals surface area contributed by atoms with Crippen LogP contribution in [0.2, 0.25) is 0 Å². The average molecular weight is 226 g/mol. The van der Waals surface area contributed by atoms with E-state index in [2.05, 4.69) is 25.9 Å².